The summed E-state index contributed by atoms with van der Waals surface area (Å²) < 4.78 is 203. The Bertz CT molecular complexity index is 2140. The van der Waals surface area contributed by atoms with Crippen LogP contribution in [0.4, 0.5) is 61.5 Å². The van der Waals surface area contributed by atoms with E-state index in [4.69, 9.17) is 0 Å². The summed E-state index contributed by atoms with van der Waals surface area (Å²) in [4.78, 5) is 0. The van der Waals surface area contributed by atoms with Crippen molar-refractivity contribution in [3.63, 3.8) is 0 Å². The molecule has 17 heteroatoms. The molecule has 1 atom stereocenters. The van der Waals surface area contributed by atoms with Crippen molar-refractivity contribution in [2.75, 3.05) is 0 Å². The van der Waals surface area contributed by atoms with E-state index < -0.39 is 98.6 Å². The van der Waals surface area contributed by atoms with Gasteiger partial charge in [-0.25, -0.2) is 43.9 Å². The van der Waals surface area contributed by atoms with Gasteiger partial charge in [0.1, 0.15) is 45.9 Å². The Morgan fingerprint density at radius 3 is 1.33 bits per heavy atom. The van der Waals surface area contributed by atoms with Gasteiger partial charge in [-0.05, 0) is 97.7 Å². The van der Waals surface area contributed by atoms with E-state index in [9.17, 15) is 66.6 Å². The topological polar surface area (TPSA) is 38.7 Å². The number of ether oxygens (including phenoxy) is 2. The summed E-state index contributed by atoms with van der Waals surface area (Å²) in [7, 11) is 0. The fourth-order valence-corrected chi connectivity index (χ4v) is 7.70. The molecule has 6 rings (SSSR count). The van der Waals surface area contributed by atoms with E-state index in [1.165, 1.54) is 0 Å². The average Bonchev–Trinajstić information content (AvgIpc) is 3.16. The Morgan fingerprint density at radius 2 is 0.951 bits per heavy atom. The van der Waals surface area contributed by atoms with Crippen LogP contribution in [0.3, 0.4) is 0 Å². The maximum Gasteiger partial charge on any atom is 0.432 e. The average molecular weight is 883 g/mol. The van der Waals surface area contributed by atoms with Gasteiger partial charge >= 0.3 is 12.2 Å². The van der Waals surface area contributed by atoms with Crippen LogP contribution in [0.2, 0.25) is 0 Å². The summed E-state index contributed by atoms with van der Waals surface area (Å²) in [6.45, 7) is 4.10. The number of hydrogen-bond donors (Lipinski definition) is 1. The van der Waals surface area contributed by atoms with Crippen LogP contribution in [0, 0.1) is 70.0 Å². The minimum absolute atomic E-state index is 0.133. The molecule has 1 unspecified atom stereocenters. The van der Waals surface area contributed by atoms with Gasteiger partial charge in [-0.15, -0.1) is 0 Å². The number of allylic oxidation sites excluding steroid dienone is 2. The van der Waals surface area contributed by atoms with E-state index in [-0.39, 0.29) is 48.2 Å². The number of hydrogen-bond acceptors (Lipinski definition) is 3. The van der Waals surface area contributed by atoms with Crippen LogP contribution in [0.5, 0.6) is 11.5 Å². The SMILES string of the molecule is CCCC1CC=C(c2cc(F)c(C(F)(F)Oc3cc(F)c(F)c(F)c3)c(F)c2)CC1.CCCC1CCC(O)(c2cc(F)c(C(F)(F)Oc3cc(F)c(F)c(F)c3)c(F)c2)CC1. The predicted molar refractivity (Wildman–Crippen MR) is 195 cm³/mol. The smallest absolute Gasteiger partial charge is 0.429 e. The molecule has 2 aliphatic rings. The molecule has 3 nitrogen and oxygen atoms in total. The Hall–Kier alpha value is -4.80. The highest BCUT2D eigenvalue weighted by Crippen LogP contribution is 2.44. The molecule has 0 saturated heterocycles. The van der Waals surface area contributed by atoms with Gasteiger partial charge in [-0.3, -0.25) is 0 Å². The van der Waals surface area contributed by atoms with Gasteiger partial charge in [0.25, 0.3) is 0 Å². The van der Waals surface area contributed by atoms with Gasteiger partial charge in [0, 0.05) is 24.3 Å². The molecule has 0 aromatic heterocycles. The predicted octanol–water partition coefficient (Wildman–Crippen LogP) is 14.2. The first-order chi connectivity index (χ1) is 28.6. The van der Waals surface area contributed by atoms with Crippen molar-refractivity contribution >= 4 is 5.57 Å². The monoisotopic (exact) mass is 882 g/mol. The van der Waals surface area contributed by atoms with Gasteiger partial charge in [-0.2, -0.15) is 17.6 Å². The molecule has 4 aromatic rings. The second-order valence-electron chi connectivity index (χ2n) is 15.2. The number of alkyl halides is 4. The standard InChI is InChI=1S/C22H21F7O2.C22H19F7O/c1-2-3-12-4-6-21(30,7-5-12)13-8-15(23)19(16(24)9-13)22(28,29)31-14-10-17(25)20(27)18(26)11-14;1-2-3-12-4-6-13(7-5-12)14-8-16(23)20(17(24)9-14)22(28,29)30-15-10-18(25)21(27)19(26)11-15/h8-12,30H,2-7H2,1H3;6,8-12H,2-5,7H2,1H3. The molecular weight excluding hydrogens is 842 g/mol. The molecule has 0 amide bonds. The molecule has 1 N–H and O–H groups in total. The quantitative estimate of drug-likeness (QED) is 0.114. The van der Waals surface area contributed by atoms with Crippen LogP contribution in [-0.2, 0) is 17.8 Å². The second-order valence-corrected chi connectivity index (χ2v) is 15.2. The normalized spacial score (nSPS) is 19.5. The minimum Gasteiger partial charge on any atom is -0.429 e. The largest absolute Gasteiger partial charge is 0.432 e. The third-order valence-corrected chi connectivity index (χ3v) is 10.8. The van der Waals surface area contributed by atoms with E-state index in [1.54, 1.807) is 0 Å². The lowest BCUT2D eigenvalue weighted by molar-refractivity contribution is -0.190. The summed E-state index contributed by atoms with van der Waals surface area (Å²) in [6.07, 6.45) is 0.509. The highest BCUT2D eigenvalue weighted by Gasteiger charge is 2.44. The van der Waals surface area contributed by atoms with E-state index in [2.05, 4.69) is 16.4 Å². The molecule has 1 fully saturated rings. The fourth-order valence-electron chi connectivity index (χ4n) is 7.70. The third-order valence-electron chi connectivity index (χ3n) is 10.8. The number of aliphatic hydroxyl groups is 1. The number of rotatable bonds is 12. The molecule has 0 bridgehead atoms. The Morgan fingerprint density at radius 1 is 0.557 bits per heavy atom. The zero-order chi connectivity index (χ0) is 45.0. The Kier molecular flexibility index (Phi) is 14.8. The van der Waals surface area contributed by atoms with E-state index in [0.717, 1.165) is 50.7 Å². The van der Waals surface area contributed by atoms with Crippen LogP contribution in [0.1, 0.15) is 107 Å². The van der Waals surface area contributed by atoms with Crippen molar-refractivity contribution < 1.29 is 76.0 Å². The molecule has 1 saturated carbocycles. The summed E-state index contributed by atoms with van der Waals surface area (Å²) in [5, 5.41) is 10.8. The van der Waals surface area contributed by atoms with Crippen LogP contribution in [-0.4, -0.2) is 5.11 Å². The lowest BCUT2D eigenvalue weighted by Crippen LogP contribution is -2.33. The number of halogens is 14. The van der Waals surface area contributed by atoms with Crippen molar-refractivity contribution in [3.8, 4) is 11.5 Å². The van der Waals surface area contributed by atoms with Crippen molar-refractivity contribution in [2.24, 2.45) is 11.8 Å². The maximum atomic E-state index is 14.5. The molecule has 0 heterocycles. The zero-order valence-corrected chi connectivity index (χ0v) is 32.7. The van der Waals surface area contributed by atoms with Crippen LogP contribution < -0.4 is 9.47 Å². The third kappa shape index (κ3) is 11.0. The lowest BCUT2D eigenvalue weighted by atomic mass is 9.74. The molecule has 332 valence electrons. The van der Waals surface area contributed by atoms with Gasteiger partial charge < -0.3 is 14.6 Å². The fraction of sp³-hybridized carbons (Fsp3) is 0.409. The summed E-state index contributed by atoms with van der Waals surface area (Å²) in [6, 6.07) is 3.39. The summed E-state index contributed by atoms with van der Waals surface area (Å²) in [5.41, 5.74) is -4.39. The first-order valence-corrected chi connectivity index (χ1v) is 19.4. The van der Waals surface area contributed by atoms with Gasteiger partial charge in [0.2, 0.25) is 0 Å². The van der Waals surface area contributed by atoms with Crippen LogP contribution in [0.25, 0.3) is 5.57 Å². The lowest BCUT2D eigenvalue weighted by Gasteiger charge is -2.36. The van der Waals surface area contributed by atoms with Gasteiger partial charge in [0.15, 0.2) is 34.9 Å². The highest BCUT2D eigenvalue weighted by molar-refractivity contribution is 5.67. The van der Waals surface area contributed by atoms with Crippen LogP contribution in [0.15, 0.2) is 54.6 Å². The summed E-state index contributed by atoms with van der Waals surface area (Å²) in [5.74, 6) is -18.8. The van der Waals surface area contributed by atoms with Crippen molar-refractivity contribution in [3.05, 3.63) is 135 Å². The Labute approximate surface area is 342 Å². The summed E-state index contributed by atoms with van der Waals surface area (Å²) >= 11 is 0. The van der Waals surface area contributed by atoms with Crippen molar-refractivity contribution in [1.82, 2.24) is 0 Å². The maximum absolute atomic E-state index is 14.5. The molecular formula is C44H40F14O3. The van der Waals surface area contributed by atoms with Gasteiger partial charge in [-0.1, -0.05) is 45.6 Å². The van der Waals surface area contributed by atoms with E-state index in [0.29, 0.717) is 48.8 Å². The minimum atomic E-state index is -4.66. The Balaban J connectivity index is 0.000000231. The molecule has 0 aliphatic heterocycles. The number of benzene rings is 4. The first-order valence-electron chi connectivity index (χ1n) is 19.4. The molecule has 61 heavy (non-hydrogen) atoms. The first kappa shape index (κ1) is 47.3. The van der Waals surface area contributed by atoms with E-state index in [1.807, 2.05) is 13.0 Å². The zero-order valence-electron chi connectivity index (χ0n) is 32.7. The van der Waals surface area contributed by atoms with Crippen molar-refractivity contribution in [1.29, 1.82) is 0 Å². The van der Waals surface area contributed by atoms with Gasteiger partial charge in [0.05, 0.1) is 5.60 Å². The molecule has 0 spiro atoms. The molecule has 0 radical (unpaired) electrons. The molecule has 2 aliphatic carbocycles. The van der Waals surface area contributed by atoms with E-state index >= 15 is 0 Å². The second kappa shape index (κ2) is 19.1. The van der Waals surface area contributed by atoms with Crippen LogP contribution >= 0.6 is 0 Å². The van der Waals surface area contributed by atoms with Crippen molar-refractivity contribution in [2.45, 2.75) is 102 Å². The molecule has 4 aromatic carbocycles. The highest BCUT2D eigenvalue weighted by atomic mass is 19.3.